The molecular weight excluding hydrogens is 454 g/mol. The SMILES string of the molecule is O=C1NC(=O)C2(N3Cc4cc(O[C@H]5CCCC[C@@H]5N5CC(c6ccccc6)C5)ccc4C3=O)CC1C2. The Kier molecular flexibility index (Phi) is 5.00. The van der Waals surface area contributed by atoms with Crippen LogP contribution in [0.5, 0.6) is 5.75 Å². The maximum Gasteiger partial charge on any atom is 0.255 e. The van der Waals surface area contributed by atoms with E-state index in [4.69, 9.17) is 4.74 Å². The number of hydrogen-bond acceptors (Lipinski definition) is 5. The highest BCUT2D eigenvalue weighted by Crippen LogP contribution is 2.49. The van der Waals surface area contributed by atoms with E-state index in [1.807, 2.05) is 18.2 Å². The lowest BCUT2D eigenvalue weighted by Crippen LogP contribution is -2.73. The fraction of sp³-hybridized carbons (Fsp3) is 0.483. The molecule has 2 aromatic carbocycles. The van der Waals surface area contributed by atoms with Crippen LogP contribution in [0.1, 0.15) is 65.9 Å². The van der Waals surface area contributed by atoms with Crippen LogP contribution in [0.15, 0.2) is 48.5 Å². The number of imide groups is 1. The second kappa shape index (κ2) is 8.17. The molecule has 2 atom stereocenters. The first-order valence-corrected chi connectivity index (χ1v) is 13.3. The van der Waals surface area contributed by atoms with Crippen LogP contribution in [0.25, 0.3) is 0 Å². The van der Waals surface area contributed by atoms with Crippen molar-refractivity contribution in [1.29, 1.82) is 0 Å². The number of carbonyl (C=O) groups is 3. The van der Waals surface area contributed by atoms with Crippen LogP contribution in [-0.2, 0) is 16.1 Å². The van der Waals surface area contributed by atoms with Crippen molar-refractivity contribution in [2.24, 2.45) is 5.92 Å². The highest BCUT2D eigenvalue weighted by atomic mass is 16.5. The van der Waals surface area contributed by atoms with Crippen LogP contribution in [-0.4, -0.2) is 58.3 Å². The maximum atomic E-state index is 13.2. The quantitative estimate of drug-likeness (QED) is 0.658. The van der Waals surface area contributed by atoms with E-state index in [2.05, 4.69) is 40.5 Å². The second-order valence-corrected chi connectivity index (χ2v) is 11.2. The van der Waals surface area contributed by atoms with Crippen LogP contribution in [0.2, 0.25) is 0 Å². The number of nitrogens with zero attached hydrogens (tertiary/aromatic N) is 2. The van der Waals surface area contributed by atoms with Crippen molar-refractivity contribution in [3.63, 3.8) is 0 Å². The fourth-order valence-electron chi connectivity index (χ4n) is 7.04. The summed E-state index contributed by atoms with van der Waals surface area (Å²) in [7, 11) is 0. The predicted molar refractivity (Wildman–Crippen MR) is 132 cm³/mol. The van der Waals surface area contributed by atoms with Gasteiger partial charge in [-0.3, -0.25) is 24.6 Å². The first-order chi connectivity index (χ1) is 17.5. The number of fused-ring (bicyclic) bond motifs is 3. The van der Waals surface area contributed by atoms with Gasteiger partial charge in [0.2, 0.25) is 5.91 Å². The molecule has 7 heteroatoms. The van der Waals surface area contributed by atoms with Crippen molar-refractivity contribution >= 4 is 17.7 Å². The van der Waals surface area contributed by atoms with Gasteiger partial charge in [0.15, 0.2) is 0 Å². The molecule has 186 valence electrons. The number of carbonyl (C=O) groups excluding carboxylic acids is 3. The number of ether oxygens (including phenoxy) is 1. The van der Waals surface area contributed by atoms with E-state index in [9.17, 15) is 14.4 Å². The summed E-state index contributed by atoms with van der Waals surface area (Å²) in [6, 6.07) is 16.9. The Morgan fingerprint density at radius 1 is 0.917 bits per heavy atom. The smallest absolute Gasteiger partial charge is 0.255 e. The molecular formula is C29H31N3O4. The number of hydrogen-bond donors (Lipinski definition) is 1. The molecule has 2 aromatic rings. The molecule has 3 amide bonds. The first-order valence-electron chi connectivity index (χ1n) is 13.3. The number of rotatable bonds is 5. The fourth-order valence-corrected chi connectivity index (χ4v) is 7.04. The largest absolute Gasteiger partial charge is 0.489 e. The van der Waals surface area contributed by atoms with Crippen molar-refractivity contribution < 1.29 is 19.1 Å². The van der Waals surface area contributed by atoms with Crippen LogP contribution >= 0.6 is 0 Å². The normalized spacial score (nSPS) is 31.9. The van der Waals surface area contributed by atoms with Gasteiger partial charge in [-0.2, -0.15) is 0 Å². The molecule has 0 aromatic heterocycles. The van der Waals surface area contributed by atoms with Gasteiger partial charge in [0.05, 0.1) is 0 Å². The standard InChI is InChI=1S/C29H31N3O4/c33-26-20-13-29(14-20,28(35)30-26)32-17-19-12-22(10-11-23(19)27(32)34)36-25-9-5-4-8-24(25)31-15-21(16-31)18-6-2-1-3-7-18/h1-3,6-7,10-12,20-21,24-25H,4-5,8-9,13-17H2,(H,30,33,35)/t20?,24-,25-,29?/m0/s1. The molecule has 4 aliphatic heterocycles. The Labute approximate surface area is 210 Å². The van der Waals surface area contributed by atoms with Gasteiger partial charge in [-0.05, 0) is 61.4 Å². The topological polar surface area (TPSA) is 79.0 Å². The molecule has 6 aliphatic rings. The average Bonchev–Trinajstić information content (AvgIpc) is 3.15. The van der Waals surface area contributed by atoms with Crippen molar-refractivity contribution in [1.82, 2.24) is 15.1 Å². The number of nitrogens with one attached hydrogen (secondary N) is 1. The van der Waals surface area contributed by atoms with Gasteiger partial charge in [-0.15, -0.1) is 0 Å². The molecule has 0 radical (unpaired) electrons. The molecule has 2 saturated carbocycles. The zero-order chi connectivity index (χ0) is 24.4. The van der Waals surface area contributed by atoms with Crippen molar-refractivity contribution in [2.45, 2.75) is 68.7 Å². The van der Waals surface area contributed by atoms with E-state index >= 15 is 0 Å². The van der Waals surface area contributed by atoms with Gasteiger partial charge in [-0.25, -0.2) is 0 Å². The minimum Gasteiger partial charge on any atom is -0.489 e. The average molecular weight is 486 g/mol. The van der Waals surface area contributed by atoms with Gasteiger partial charge in [0, 0.05) is 43.1 Å². The van der Waals surface area contributed by atoms with Gasteiger partial charge in [0.1, 0.15) is 17.4 Å². The minimum atomic E-state index is -0.878. The number of likely N-dealkylation sites (tertiary alicyclic amines) is 1. The Bertz CT molecular complexity index is 1230. The summed E-state index contributed by atoms with van der Waals surface area (Å²) >= 11 is 0. The predicted octanol–water partition coefficient (Wildman–Crippen LogP) is 3.24. The third-order valence-electron chi connectivity index (χ3n) is 9.20. The zero-order valence-electron chi connectivity index (χ0n) is 20.3. The monoisotopic (exact) mass is 485 g/mol. The van der Waals surface area contributed by atoms with Gasteiger partial charge >= 0.3 is 0 Å². The molecule has 8 rings (SSSR count). The summed E-state index contributed by atoms with van der Waals surface area (Å²) < 4.78 is 6.58. The van der Waals surface area contributed by atoms with E-state index in [1.165, 1.54) is 18.4 Å². The Balaban J connectivity index is 1.04. The molecule has 4 heterocycles. The summed E-state index contributed by atoms with van der Waals surface area (Å²) in [5.74, 6) is 0.574. The Morgan fingerprint density at radius 3 is 2.47 bits per heavy atom. The van der Waals surface area contributed by atoms with E-state index in [-0.39, 0.29) is 29.7 Å². The first kappa shape index (κ1) is 22.0. The van der Waals surface area contributed by atoms with Crippen LogP contribution in [0.3, 0.4) is 0 Å². The zero-order valence-corrected chi connectivity index (χ0v) is 20.3. The Hall–Kier alpha value is -3.19. The molecule has 7 nitrogen and oxygen atoms in total. The van der Waals surface area contributed by atoms with Crippen LogP contribution < -0.4 is 10.1 Å². The Morgan fingerprint density at radius 2 is 1.69 bits per heavy atom. The summed E-state index contributed by atoms with van der Waals surface area (Å²) in [6.07, 6.45) is 5.61. The van der Waals surface area contributed by atoms with Crippen LogP contribution in [0, 0.1) is 5.92 Å². The van der Waals surface area contributed by atoms with Gasteiger partial charge in [-0.1, -0.05) is 36.8 Å². The molecule has 36 heavy (non-hydrogen) atoms. The lowest BCUT2D eigenvalue weighted by atomic mass is 9.63. The second-order valence-electron chi connectivity index (χ2n) is 11.2. The van der Waals surface area contributed by atoms with Gasteiger partial charge < -0.3 is 9.64 Å². The van der Waals surface area contributed by atoms with Gasteiger partial charge in [0.25, 0.3) is 11.8 Å². The van der Waals surface area contributed by atoms with Crippen molar-refractivity contribution in [3.8, 4) is 5.75 Å². The van der Waals surface area contributed by atoms with E-state index < -0.39 is 5.54 Å². The molecule has 1 N–H and O–H groups in total. The summed E-state index contributed by atoms with van der Waals surface area (Å²) in [5, 5.41) is 2.45. The van der Waals surface area contributed by atoms with Crippen LogP contribution in [0.4, 0.5) is 0 Å². The van der Waals surface area contributed by atoms with Crippen molar-refractivity contribution in [3.05, 3.63) is 65.2 Å². The summed E-state index contributed by atoms with van der Waals surface area (Å²) in [5.41, 5.74) is 2.08. The molecule has 2 bridgehead atoms. The molecule has 0 spiro atoms. The number of amides is 3. The van der Waals surface area contributed by atoms with E-state index in [0.29, 0.717) is 36.9 Å². The van der Waals surface area contributed by atoms with E-state index in [0.717, 1.165) is 37.2 Å². The molecule has 2 aliphatic carbocycles. The highest BCUT2D eigenvalue weighted by molar-refractivity contribution is 6.10. The molecule has 0 unspecified atom stereocenters. The lowest BCUT2D eigenvalue weighted by molar-refractivity contribution is -0.160. The highest BCUT2D eigenvalue weighted by Gasteiger charge is 2.63. The summed E-state index contributed by atoms with van der Waals surface area (Å²) in [6.45, 7) is 2.55. The molecule has 3 saturated heterocycles. The van der Waals surface area contributed by atoms with E-state index in [1.54, 1.807) is 4.90 Å². The maximum absolute atomic E-state index is 13.2. The minimum absolute atomic E-state index is 0.123. The summed E-state index contributed by atoms with van der Waals surface area (Å²) in [4.78, 5) is 42.0. The van der Waals surface area contributed by atoms with Crippen molar-refractivity contribution in [2.75, 3.05) is 13.1 Å². The lowest BCUT2D eigenvalue weighted by Gasteiger charge is -2.53. The third kappa shape index (κ3) is 3.32. The number of benzene rings is 2. The number of piperidine rings is 2. The molecule has 5 fully saturated rings. The third-order valence-corrected chi connectivity index (χ3v) is 9.20.